The van der Waals surface area contributed by atoms with Crippen LogP contribution in [0.5, 0.6) is 5.75 Å². The maximum atomic E-state index is 11.9. The Morgan fingerprint density at radius 3 is 2.56 bits per heavy atom. The highest BCUT2D eigenvalue weighted by atomic mass is 16.6. The molecule has 0 saturated heterocycles. The van der Waals surface area contributed by atoms with Crippen molar-refractivity contribution in [3.63, 3.8) is 0 Å². The average molecular weight is 353 g/mol. The summed E-state index contributed by atoms with van der Waals surface area (Å²) in [4.78, 5) is 23.0. The van der Waals surface area contributed by atoms with Gasteiger partial charge in [0.05, 0.1) is 11.8 Å². The van der Waals surface area contributed by atoms with Crippen LogP contribution in [0.25, 0.3) is 6.08 Å². The number of carboxylic acids is 1. The van der Waals surface area contributed by atoms with Gasteiger partial charge in [-0.2, -0.15) is 0 Å². The fraction of sp³-hybridized carbons (Fsp3) is 0.375. The van der Waals surface area contributed by atoms with Crippen molar-refractivity contribution in [1.29, 1.82) is 0 Å². The molecule has 0 radical (unpaired) electrons. The number of carbonyl (C=O) groups is 2. The molecule has 1 saturated carbocycles. The van der Waals surface area contributed by atoms with E-state index in [0.29, 0.717) is 5.56 Å². The van der Waals surface area contributed by atoms with Crippen LogP contribution in [-0.4, -0.2) is 61.4 Å². The fourth-order valence-electron chi connectivity index (χ4n) is 2.57. The van der Waals surface area contributed by atoms with Crippen molar-refractivity contribution >= 4 is 23.7 Å². The summed E-state index contributed by atoms with van der Waals surface area (Å²) < 4.78 is 4.96. The number of aliphatic hydroxyl groups excluding tert-OH is 2. The third-order valence-corrected chi connectivity index (χ3v) is 3.99. The molecule has 1 fully saturated rings. The number of carbonyl (C=O) groups excluding carboxylic acids is 1. The summed E-state index contributed by atoms with van der Waals surface area (Å²) in [6.07, 6.45) is -3.21. The number of aliphatic carboxylic acids is 1. The van der Waals surface area contributed by atoms with Crippen molar-refractivity contribution in [2.45, 2.75) is 36.8 Å². The molecule has 0 unspecified atom stereocenters. The minimum atomic E-state index is -2.29. The highest BCUT2D eigenvalue weighted by molar-refractivity contribution is 5.87. The van der Waals surface area contributed by atoms with Crippen LogP contribution in [0, 0.1) is 0 Å². The van der Waals surface area contributed by atoms with Crippen LogP contribution in [0.15, 0.2) is 24.3 Å². The summed E-state index contributed by atoms with van der Waals surface area (Å²) in [6.45, 7) is 0. The molecule has 0 heterocycles. The van der Waals surface area contributed by atoms with Crippen LogP contribution in [0.2, 0.25) is 0 Å². The number of nitrogen functional groups attached to an aromatic ring is 1. The Bertz CT molecular complexity index is 703. The molecule has 1 aromatic rings. The van der Waals surface area contributed by atoms with E-state index in [2.05, 4.69) is 0 Å². The number of hydrogen-bond donors (Lipinski definition) is 6. The number of aliphatic hydroxyl groups is 3. The van der Waals surface area contributed by atoms with Crippen molar-refractivity contribution in [1.82, 2.24) is 0 Å². The summed E-state index contributed by atoms with van der Waals surface area (Å²) in [6, 6.07) is 4.26. The summed E-state index contributed by atoms with van der Waals surface area (Å²) >= 11 is 0. The van der Waals surface area contributed by atoms with Crippen molar-refractivity contribution in [2.75, 3.05) is 5.73 Å². The number of nitrogens with two attached hydrogens (primary N) is 1. The average Bonchev–Trinajstić information content (AvgIpc) is 2.53. The number of phenols is 1. The van der Waals surface area contributed by atoms with Crippen molar-refractivity contribution in [3.8, 4) is 5.75 Å². The second-order valence-corrected chi connectivity index (χ2v) is 5.93. The molecule has 9 heteroatoms. The van der Waals surface area contributed by atoms with E-state index in [1.807, 2.05) is 0 Å². The summed E-state index contributed by atoms with van der Waals surface area (Å²) in [5, 5.41) is 47.9. The Hall–Kier alpha value is -2.62. The largest absolute Gasteiger partial charge is 0.506 e. The molecule has 25 heavy (non-hydrogen) atoms. The lowest BCUT2D eigenvalue weighted by atomic mass is 9.79. The molecular formula is C16H19NO8. The van der Waals surface area contributed by atoms with Crippen LogP contribution in [0.1, 0.15) is 18.4 Å². The molecular weight excluding hydrogens is 334 g/mol. The van der Waals surface area contributed by atoms with Gasteiger partial charge in [0.2, 0.25) is 0 Å². The van der Waals surface area contributed by atoms with Gasteiger partial charge in [-0.15, -0.1) is 0 Å². The number of esters is 1. The lowest BCUT2D eigenvalue weighted by Crippen LogP contribution is -2.57. The van der Waals surface area contributed by atoms with Gasteiger partial charge in [0.15, 0.2) is 5.60 Å². The second-order valence-electron chi connectivity index (χ2n) is 5.93. The van der Waals surface area contributed by atoms with Crippen LogP contribution in [0.4, 0.5) is 5.69 Å². The predicted octanol–water partition coefficient (Wildman–Crippen LogP) is -0.769. The number of hydrogen-bond acceptors (Lipinski definition) is 8. The number of rotatable bonds is 4. The third-order valence-electron chi connectivity index (χ3n) is 3.99. The molecule has 136 valence electrons. The highest BCUT2D eigenvalue weighted by Gasteiger charge is 2.50. The molecule has 0 bridgehead atoms. The van der Waals surface area contributed by atoms with Crippen LogP contribution in [0.3, 0.4) is 0 Å². The highest BCUT2D eigenvalue weighted by Crippen LogP contribution is 2.31. The smallest absolute Gasteiger partial charge is 0.335 e. The SMILES string of the molecule is Nc1cc(/C=C/C(=O)O[C@@H]2C[C@@](O)(C(=O)O)C[C@@H](O)[C@@H]2O)ccc1O. The van der Waals surface area contributed by atoms with Crippen molar-refractivity contribution < 1.29 is 39.9 Å². The molecule has 9 nitrogen and oxygen atoms in total. The van der Waals surface area contributed by atoms with Gasteiger partial charge in [-0.05, 0) is 23.8 Å². The Morgan fingerprint density at radius 1 is 1.28 bits per heavy atom. The fourth-order valence-corrected chi connectivity index (χ4v) is 2.57. The molecule has 0 aliphatic heterocycles. The van der Waals surface area contributed by atoms with E-state index >= 15 is 0 Å². The topological polar surface area (TPSA) is 171 Å². The number of anilines is 1. The van der Waals surface area contributed by atoms with E-state index < -0.39 is 48.7 Å². The zero-order valence-electron chi connectivity index (χ0n) is 13.1. The lowest BCUT2D eigenvalue weighted by molar-refractivity contribution is -0.196. The molecule has 1 aromatic carbocycles. The van der Waals surface area contributed by atoms with Gasteiger partial charge in [0.25, 0.3) is 0 Å². The summed E-state index contributed by atoms with van der Waals surface area (Å²) in [7, 11) is 0. The van der Waals surface area contributed by atoms with Gasteiger partial charge >= 0.3 is 11.9 Å². The molecule has 0 spiro atoms. The summed E-state index contributed by atoms with van der Waals surface area (Å²) in [5.74, 6) is -2.58. The van der Waals surface area contributed by atoms with E-state index in [0.717, 1.165) is 6.08 Å². The molecule has 0 aromatic heterocycles. The van der Waals surface area contributed by atoms with E-state index in [9.17, 15) is 30.0 Å². The zero-order valence-corrected chi connectivity index (χ0v) is 13.1. The van der Waals surface area contributed by atoms with Crippen molar-refractivity contribution in [2.24, 2.45) is 0 Å². The Labute approximate surface area is 142 Å². The first-order valence-corrected chi connectivity index (χ1v) is 7.41. The van der Waals surface area contributed by atoms with Gasteiger partial charge in [-0.1, -0.05) is 6.07 Å². The first kappa shape index (κ1) is 18.7. The predicted molar refractivity (Wildman–Crippen MR) is 85.3 cm³/mol. The quantitative estimate of drug-likeness (QED) is 0.176. The van der Waals surface area contributed by atoms with E-state index in [4.69, 9.17) is 15.6 Å². The zero-order chi connectivity index (χ0) is 18.8. The molecule has 1 aliphatic rings. The van der Waals surface area contributed by atoms with E-state index in [1.54, 1.807) is 0 Å². The number of benzene rings is 1. The molecule has 2 rings (SSSR count). The van der Waals surface area contributed by atoms with Gasteiger partial charge in [-0.25, -0.2) is 9.59 Å². The number of phenolic OH excluding ortho intramolecular Hbond substituents is 1. The molecule has 7 N–H and O–H groups in total. The normalized spacial score (nSPS) is 29.5. The van der Waals surface area contributed by atoms with Crippen LogP contribution >= 0.6 is 0 Å². The Kier molecular flexibility index (Phi) is 5.31. The standard InChI is InChI=1S/C16H19NO8/c17-9-5-8(1-3-10(9)18)2-4-13(20)25-12-7-16(24,15(22)23)6-11(19)14(12)21/h1-5,11-12,14,18-19,21,24H,6-7,17H2,(H,22,23)/b4-2+/t11-,12-,14+,16-/m1/s1. The minimum absolute atomic E-state index is 0.105. The van der Waals surface area contributed by atoms with Gasteiger partial charge in [-0.3, -0.25) is 0 Å². The number of carboxylic acid groups (broad SMARTS) is 1. The van der Waals surface area contributed by atoms with Gasteiger partial charge in [0.1, 0.15) is 18.0 Å². The maximum Gasteiger partial charge on any atom is 0.335 e. The molecule has 1 aliphatic carbocycles. The Balaban J connectivity index is 2.06. The first-order chi connectivity index (χ1) is 11.6. The third kappa shape index (κ3) is 4.27. The second kappa shape index (κ2) is 7.09. The monoisotopic (exact) mass is 353 g/mol. The number of ether oxygens (including phenoxy) is 1. The van der Waals surface area contributed by atoms with E-state index in [1.165, 1.54) is 24.3 Å². The Morgan fingerprint density at radius 2 is 1.96 bits per heavy atom. The van der Waals surface area contributed by atoms with Gasteiger partial charge in [0, 0.05) is 18.9 Å². The minimum Gasteiger partial charge on any atom is -0.506 e. The van der Waals surface area contributed by atoms with Crippen molar-refractivity contribution in [3.05, 3.63) is 29.8 Å². The van der Waals surface area contributed by atoms with Crippen LogP contribution < -0.4 is 5.73 Å². The van der Waals surface area contributed by atoms with E-state index in [-0.39, 0.29) is 11.4 Å². The van der Waals surface area contributed by atoms with Crippen LogP contribution in [-0.2, 0) is 14.3 Å². The molecule has 0 amide bonds. The molecule has 4 atom stereocenters. The lowest BCUT2D eigenvalue weighted by Gasteiger charge is -2.39. The number of aromatic hydroxyl groups is 1. The summed E-state index contributed by atoms with van der Waals surface area (Å²) in [5.41, 5.74) is 3.85. The maximum absolute atomic E-state index is 11.9. The first-order valence-electron chi connectivity index (χ1n) is 7.41. The van der Waals surface area contributed by atoms with Gasteiger partial charge < -0.3 is 36.0 Å².